The van der Waals surface area contributed by atoms with Gasteiger partial charge in [0.2, 0.25) is 5.91 Å². The highest BCUT2D eigenvalue weighted by molar-refractivity contribution is 14.0. The van der Waals surface area contributed by atoms with Crippen LogP contribution < -0.4 is 20.7 Å². The van der Waals surface area contributed by atoms with Gasteiger partial charge < -0.3 is 20.7 Å². The van der Waals surface area contributed by atoms with Crippen molar-refractivity contribution in [1.29, 1.82) is 0 Å². The van der Waals surface area contributed by atoms with E-state index >= 15 is 0 Å². The molecule has 8 heteroatoms. The minimum Gasteiger partial charge on any atom is -0.490 e. The Morgan fingerprint density at radius 2 is 1.94 bits per heavy atom. The van der Waals surface area contributed by atoms with Crippen molar-refractivity contribution in [3.05, 3.63) is 59.4 Å². The van der Waals surface area contributed by atoms with Crippen LogP contribution in [0.15, 0.2) is 47.5 Å². The van der Waals surface area contributed by atoms with Crippen LogP contribution in [-0.4, -0.2) is 32.1 Å². The van der Waals surface area contributed by atoms with Crippen molar-refractivity contribution in [2.45, 2.75) is 39.2 Å². The molecule has 6 nitrogen and oxygen atoms in total. The van der Waals surface area contributed by atoms with Crippen molar-refractivity contribution in [3.8, 4) is 5.75 Å². The van der Waals surface area contributed by atoms with E-state index in [2.05, 4.69) is 20.9 Å². The normalized spacial score (nSPS) is 14.2. The number of amides is 1. The Morgan fingerprint density at radius 1 is 1.22 bits per heavy atom. The third-order valence-electron chi connectivity index (χ3n) is 5.18. The van der Waals surface area contributed by atoms with Crippen LogP contribution in [0.5, 0.6) is 5.75 Å². The summed E-state index contributed by atoms with van der Waals surface area (Å²) in [6, 6.07) is 12.7. The van der Waals surface area contributed by atoms with Crippen LogP contribution in [0.1, 0.15) is 43.9 Å². The molecule has 1 unspecified atom stereocenters. The first-order valence-corrected chi connectivity index (χ1v) is 10.7. The number of benzene rings is 2. The van der Waals surface area contributed by atoms with Gasteiger partial charge in [-0.05, 0) is 67.5 Å². The van der Waals surface area contributed by atoms with Crippen molar-refractivity contribution in [3.63, 3.8) is 0 Å². The van der Waals surface area contributed by atoms with Gasteiger partial charge in [0.1, 0.15) is 0 Å². The number of hydrogen-bond acceptors (Lipinski definition) is 3. The molecule has 1 amide bonds. The molecule has 1 aliphatic rings. The number of carbonyl (C=O) groups excluding carboxylic acids is 1. The second-order valence-corrected chi connectivity index (χ2v) is 7.94. The molecule has 3 rings (SSSR count). The smallest absolute Gasteiger partial charge is 0.221 e. The van der Waals surface area contributed by atoms with E-state index in [1.165, 1.54) is 25.8 Å². The number of carbonyl (C=O) groups is 1. The topological polar surface area (TPSA) is 74.8 Å². The van der Waals surface area contributed by atoms with Gasteiger partial charge in [-0.3, -0.25) is 9.79 Å². The quantitative estimate of drug-likeness (QED) is 0.240. The summed E-state index contributed by atoms with van der Waals surface area (Å²) >= 11 is 0. The van der Waals surface area contributed by atoms with Crippen molar-refractivity contribution < 1.29 is 13.9 Å². The van der Waals surface area contributed by atoms with E-state index in [0.717, 1.165) is 23.2 Å². The average molecular weight is 554 g/mol. The molecule has 0 aromatic heterocycles. The Kier molecular flexibility index (Phi) is 10.2. The van der Waals surface area contributed by atoms with Gasteiger partial charge in [0.05, 0.1) is 12.6 Å². The monoisotopic (exact) mass is 554 g/mol. The number of nitrogens with one attached hydrogen (secondary N) is 3. The van der Waals surface area contributed by atoms with Gasteiger partial charge in [0.15, 0.2) is 17.5 Å². The first-order chi connectivity index (χ1) is 14.9. The van der Waals surface area contributed by atoms with Gasteiger partial charge in [0.25, 0.3) is 0 Å². The van der Waals surface area contributed by atoms with Crippen molar-refractivity contribution in [2.75, 3.05) is 25.5 Å². The molecule has 0 saturated heterocycles. The Morgan fingerprint density at radius 3 is 2.53 bits per heavy atom. The molecule has 1 atom stereocenters. The van der Waals surface area contributed by atoms with Crippen molar-refractivity contribution in [2.24, 2.45) is 10.9 Å². The van der Waals surface area contributed by atoms with Gasteiger partial charge >= 0.3 is 0 Å². The fourth-order valence-electron chi connectivity index (χ4n) is 3.16. The average Bonchev–Trinajstić information content (AvgIpc) is 3.57. The number of ether oxygens (including phenoxy) is 1. The highest BCUT2D eigenvalue weighted by atomic mass is 127. The second-order valence-electron chi connectivity index (χ2n) is 7.94. The fraction of sp³-hybridized carbons (Fsp3) is 0.417. The van der Waals surface area contributed by atoms with Crippen LogP contribution in [0.3, 0.4) is 0 Å². The molecule has 2 aromatic carbocycles. The third-order valence-corrected chi connectivity index (χ3v) is 5.18. The summed E-state index contributed by atoms with van der Waals surface area (Å²) in [6.07, 6.45) is 3.15. The first-order valence-electron chi connectivity index (χ1n) is 10.7. The fourth-order valence-corrected chi connectivity index (χ4v) is 3.16. The van der Waals surface area contributed by atoms with Crippen LogP contribution >= 0.6 is 24.0 Å². The number of rotatable bonds is 9. The largest absolute Gasteiger partial charge is 0.490 e. The zero-order valence-corrected chi connectivity index (χ0v) is 21.1. The molecular formula is C24H32FIN4O2. The molecular weight excluding hydrogens is 522 g/mol. The maximum absolute atomic E-state index is 14.4. The van der Waals surface area contributed by atoms with Crippen LogP contribution in [0, 0.1) is 11.7 Å². The number of anilines is 1. The molecule has 1 saturated carbocycles. The van der Waals surface area contributed by atoms with Crippen molar-refractivity contribution >= 4 is 41.5 Å². The van der Waals surface area contributed by atoms with E-state index in [4.69, 9.17) is 4.74 Å². The Balaban J connectivity index is 0.00000363. The summed E-state index contributed by atoms with van der Waals surface area (Å²) in [5.74, 6) is 1.13. The molecule has 0 aliphatic heterocycles. The Labute approximate surface area is 206 Å². The van der Waals surface area contributed by atoms with E-state index < -0.39 is 0 Å². The standard InChI is InChI=1S/C24H31FN4O2.HI/c1-16(20-8-11-23(22(25)14-20)31-15-19-4-5-19)28-24(26-3)27-13-12-18-6-9-21(10-7-18)29-17(2)30;/h6-11,14,16,19H,4-5,12-13,15H2,1-3H3,(H,29,30)(H2,26,27,28);1H. The summed E-state index contributed by atoms with van der Waals surface area (Å²) in [5.41, 5.74) is 2.76. The maximum Gasteiger partial charge on any atom is 0.221 e. The van der Waals surface area contributed by atoms with Crippen LogP contribution in [-0.2, 0) is 11.2 Å². The van der Waals surface area contributed by atoms with E-state index in [0.29, 0.717) is 30.8 Å². The number of hydrogen-bond donors (Lipinski definition) is 3. The third kappa shape index (κ3) is 8.29. The van der Waals surface area contributed by atoms with Gasteiger partial charge in [-0.2, -0.15) is 0 Å². The summed E-state index contributed by atoms with van der Waals surface area (Å²) < 4.78 is 19.9. The van der Waals surface area contributed by atoms with E-state index in [1.807, 2.05) is 37.3 Å². The van der Waals surface area contributed by atoms with Gasteiger partial charge in [-0.15, -0.1) is 24.0 Å². The molecule has 1 fully saturated rings. The summed E-state index contributed by atoms with van der Waals surface area (Å²) in [7, 11) is 1.71. The molecule has 2 aromatic rings. The van der Waals surface area contributed by atoms with Crippen LogP contribution in [0.25, 0.3) is 0 Å². The molecule has 32 heavy (non-hydrogen) atoms. The maximum atomic E-state index is 14.4. The lowest BCUT2D eigenvalue weighted by Gasteiger charge is -2.19. The number of aliphatic imine (C=N–C) groups is 1. The number of nitrogens with zero attached hydrogens (tertiary/aromatic N) is 1. The molecule has 0 bridgehead atoms. The summed E-state index contributed by atoms with van der Waals surface area (Å²) in [5, 5.41) is 9.33. The lowest BCUT2D eigenvalue weighted by atomic mass is 10.1. The van der Waals surface area contributed by atoms with E-state index in [1.54, 1.807) is 13.1 Å². The molecule has 174 valence electrons. The summed E-state index contributed by atoms with van der Waals surface area (Å²) in [6.45, 7) is 4.74. The molecule has 0 spiro atoms. The number of guanidine groups is 1. The molecule has 0 heterocycles. The lowest BCUT2D eigenvalue weighted by Crippen LogP contribution is -2.39. The zero-order valence-electron chi connectivity index (χ0n) is 18.8. The van der Waals surface area contributed by atoms with Gasteiger partial charge in [-0.25, -0.2) is 4.39 Å². The van der Waals surface area contributed by atoms with Crippen LogP contribution in [0.4, 0.5) is 10.1 Å². The summed E-state index contributed by atoms with van der Waals surface area (Å²) in [4.78, 5) is 15.3. The van der Waals surface area contributed by atoms with Gasteiger partial charge in [-0.1, -0.05) is 18.2 Å². The predicted molar refractivity (Wildman–Crippen MR) is 137 cm³/mol. The highest BCUT2D eigenvalue weighted by Crippen LogP contribution is 2.30. The predicted octanol–water partition coefficient (Wildman–Crippen LogP) is 4.66. The zero-order chi connectivity index (χ0) is 22.2. The van der Waals surface area contributed by atoms with E-state index in [-0.39, 0.29) is 41.7 Å². The van der Waals surface area contributed by atoms with E-state index in [9.17, 15) is 9.18 Å². The van der Waals surface area contributed by atoms with Crippen molar-refractivity contribution in [1.82, 2.24) is 10.6 Å². The Hall–Kier alpha value is -2.36. The molecule has 1 aliphatic carbocycles. The minimum absolute atomic E-state index is 0. The van der Waals surface area contributed by atoms with Gasteiger partial charge in [0, 0.05) is 26.2 Å². The lowest BCUT2D eigenvalue weighted by molar-refractivity contribution is -0.114. The first kappa shape index (κ1) is 25.9. The second kappa shape index (κ2) is 12.6. The SMILES string of the molecule is CN=C(NCCc1ccc(NC(C)=O)cc1)NC(C)c1ccc(OCC2CC2)c(F)c1.I. The minimum atomic E-state index is -0.336. The Bertz CT molecular complexity index is 917. The molecule has 3 N–H and O–H groups in total. The molecule has 0 radical (unpaired) electrons. The number of halogens is 2. The highest BCUT2D eigenvalue weighted by Gasteiger charge is 2.22. The van der Waals surface area contributed by atoms with Crippen LogP contribution in [0.2, 0.25) is 0 Å².